The number of hydrogen-bond acceptors (Lipinski definition) is 2. The normalized spacial score (nSPS) is 28.2. The van der Waals surface area contributed by atoms with E-state index in [0.717, 1.165) is 11.3 Å². The van der Waals surface area contributed by atoms with Gasteiger partial charge in [0.25, 0.3) is 0 Å². The molecule has 0 bridgehead atoms. The van der Waals surface area contributed by atoms with E-state index in [9.17, 15) is 0 Å². The second-order valence-electron chi connectivity index (χ2n) is 4.74. The molecular weight excluding hydrogens is 202 g/mol. The highest BCUT2D eigenvalue weighted by atomic mass is 32.2. The Morgan fingerprint density at radius 3 is 2.80 bits per heavy atom. The van der Waals surface area contributed by atoms with Crippen molar-refractivity contribution < 1.29 is 0 Å². The predicted molar refractivity (Wildman–Crippen MR) is 71.7 cm³/mol. The number of rotatable bonds is 7. The van der Waals surface area contributed by atoms with Crippen molar-refractivity contribution in [3.63, 3.8) is 0 Å². The summed E-state index contributed by atoms with van der Waals surface area (Å²) in [5.41, 5.74) is 0. The molecule has 0 spiro atoms. The first kappa shape index (κ1) is 13.4. The summed E-state index contributed by atoms with van der Waals surface area (Å²) in [6, 6.07) is 1.51. The quantitative estimate of drug-likeness (QED) is 0.712. The summed E-state index contributed by atoms with van der Waals surface area (Å²) in [6.07, 6.45) is 8.29. The van der Waals surface area contributed by atoms with Crippen LogP contribution in [0.4, 0.5) is 0 Å². The molecule has 1 rings (SSSR count). The van der Waals surface area contributed by atoms with Gasteiger partial charge in [0.1, 0.15) is 0 Å². The molecule has 2 heteroatoms. The monoisotopic (exact) mass is 229 g/mol. The molecule has 1 saturated carbocycles. The van der Waals surface area contributed by atoms with Crippen molar-refractivity contribution in [1.82, 2.24) is 5.32 Å². The van der Waals surface area contributed by atoms with E-state index in [1.165, 1.54) is 44.3 Å². The fourth-order valence-electron chi connectivity index (χ4n) is 2.49. The van der Waals surface area contributed by atoms with Crippen LogP contribution in [0.5, 0.6) is 0 Å². The van der Waals surface area contributed by atoms with E-state index in [4.69, 9.17) is 0 Å². The number of unbranched alkanes of at least 4 members (excludes halogenated alkanes) is 1. The van der Waals surface area contributed by atoms with Gasteiger partial charge in [-0.1, -0.05) is 33.1 Å². The third kappa shape index (κ3) is 4.78. The largest absolute Gasteiger partial charge is 0.310 e. The molecule has 1 N–H and O–H groups in total. The SMILES string of the molecule is CCCCC(C)NC1CCCC1SCC. The minimum atomic E-state index is 0.716. The second-order valence-corrected chi connectivity index (χ2v) is 6.26. The van der Waals surface area contributed by atoms with Crippen molar-refractivity contribution in [2.75, 3.05) is 5.75 Å². The van der Waals surface area contributed by atoms with Crippen LogP contribution in [0.3, 0.4) is 0 Å². The van der Waals surface area contributed by atoms with E-state index in [0.29, 0.717) is 6.04 Å². The molecule has 3 unspecified atom stereocenters. The molecule has 0 aromatic heterocycles. The molecule has 1 fully saturated rings. The number of nitrogens with one attached hydrogen (secondary N) is 1. The minimum Gasteiger partial charge on any atom is -0.310 e. The van der Waals surface area contributed by atoms with E-state index in [1.54, 1.807) is 0 Å². The lowest BCUT2D eigenvalue weighted by Gasteiger charge is -2.24. The molecule has 1 nitrogen and oxygen atoms in total. The summed E-state index contributed by atoms with van der Waals surface area (Å²) in [6.45, 7) is 6.90. The van der Waals surface area contributed by atoms with E-state index in [1.807, 2.05) is 0 Å². The highest BCUT2D eigenvalue weighted by molar-refractivity contribution is 7.99. The van der Waals surface area contributed by atoms with Crippen molar-refractivity contribution in [2.45, 2.75) is 76.6 Å². The van der Waals surface area contributed by atoms with Gasteiger partial charge in [-0.15, -0.1) is 0 Å². The average molecular weight is 229 g/mol. The van der Waals surface area contributed by atoms with Crippen molar-refractivity contribution in [3.8, 4) is 0 Å². The van der Waals surface area contributed by atoms with Crippen LogP contribution in [-0.4, -0.2) is 23.1 Å². The smallest absolute Gasteiger partial charge is 0.0201 e. The van der Waals surface area contributed by atoms with Gasteiger partial charge in [-0.3, -0.25) is 0 Å². The van der Waals surface area contributed by atoms with Crippen LogP contribution in [0.15, 0.2) is 0 Å². The van der Waals surface area contributed by atoms with Crippen LogP contribution >= 0.6 is 11.8 Å². The summed E-state index contributed by atoms with van der Waals surface area (Å²) >= 11 is 2.15. The van der Waals surface area contributed by atoms with Gasteiger partial charge in [0.2, 0.25) is 0 Å². The maximum atomic E-state index is 3.83. The minimum absolute atomic E-state index is 0.716. The van der Waals surface area contributed by atoms with Gasteiger partial charge in [0, 0.05) is 17.3 Å². The average Bonchev–Trinajstić information content (AvgIpc) is 2.63. The van der Waals surface area contributed by atoms with E-state index < -0.39 is 0 Å². The maximum absolute atomic E-state index is 3.83. The number of thioether (sulfide) groups is 1. The Balaban J connectivity index is 2.23. The van der Waals surface area contributed by atoms with Crippen LogP contribution < -0.4 is 5.32 Å². The van der Waals surface area contributed by atoms with Crippen molar-refractivity contribution >= 4 is 11.8 Å². The van der Waals surface area contributed by atoms with Crippen molar-refractivity contribution in [3.05, 3.63) is 0 Å². The van der Waals surface area contributed by atoms with Crippen molar-refractivity contribution in [1.29, 1.82) is 0 Å². The van der Waals surface area contributed by atoms with Crippen LogP contribution in [0.1, 0.15) is 59.3 Å². The molecule has 0 aliphatic heterocycles. The summed E-state index contributed by atoms with van der Waals surface area (Å²) in [4.78, 5) is 0. The van der Waals surface area contributed by atoms with Gasteiger partial charge in [-0.2, -0.15) is 11.8 Å². The van der Waals surface area contributed by atoms with Crippen LogP contribution in [0.2, 0.25) is 0 Å². The number of hydrogen-bond donors (Lipinski definition) is 1. The lowest BCUT2D eigenvalue weighted by molar-refractivity contribution is 0.427. The van der Waals surface area contributed by atoms with E-state index >= 15 is 0 Å². The Kier molecular flexibility index (Phi) is 6.74. The lowest BCUT2D eigenvalue weighted by Crippen LogP contribution is -2.40. The Labute approximate surface area is 99.8 Å². The van der Waals surface area contributed by atoms with Gasteiger partial charge in [0.15, 0.2) is 0 Å². The molecule has 0 aromatic carbocycles. The molecule has 0 aromatic rings. The van der Waals surface area contributed by atoms with E-state index in [2.05, 4.69) is 37.8 Å². The first-order valence-electron chi connectivity index (χ1n) is 6.65. The molecule has 0 heterocycles. The summed E-state index contributed by atoms with van der Waals surface area (Å²) in [5.74, 6) is 1.27. The van der Waals surface area contributed by atoms with Gasteiger partial charge < -0.3 is 5.32 Å². The summed E-state index contributed by atoms with van der Waals surface area (Å²) in [7, 11) is 0. The molecular formula is C13H27NS. The third-order valence-corrected chi connectivity index (χ3v) is 4.65. The van der Waals surface area contributed by atoms with Crippen LogP contribution in [0.25, 0.3) is 0 Å². The lowest BCUT2D eigenvalue weighted by atomic mass is 10.1. The van der Waals surface area contributed by atoms with Gasteiger partial charge in [0.05, 0.1) is 0 Å². The van der Waals surface area contributed by atoms with Crippen LogP contribution in [0, 0.1) is 0 Å². The zero-order valence-electron chi connectivity index (χ0n) is 10.6. The first-order chi connectivity index (χ1) is 7.27. The predicted octanol–water partition coefficient (Wildman–Crippen LogP) is 3.83. The Hall–Kier alpha value is 0.310. The zero-order chi connectivity index (χ0) is 11.1. The Morgan fingerprint density at radius 1 is 1.33 bits per heavy atom. The Morgan fingerprint density at radius 2 is 2.13 bits per heavy atom. The fourth-order valence-corrected chi connectivity index (χ4v) is 3.70. The standard InChI is InChI=1S/C13H27NS/c1-4-6-8-11(3)14-12-9-7-10-13(12)15-5-2/h11-14H,4-10H2,1-3H3. The van der Waals surface area contributed by atoms with Crippen molar-refractivity contribution in [2.24, 2.45) is 0 Å². The van der Waals surface area contributed by atoms with Gasteiger partial charge >= 0.3 is 0 Å². The topological polar surface area (TPSA) is 12.0 Å². The molecule has 1 aliphatic rings. The molecule has 0 radical (unpaired) electrons. The molecule has 0 amide bonds. The second kappa shape index (κ2) is 7.56. The summed E-state index contributed by atoms with van der Waals surface area (Å²) < 4.78 is 0. The molecule has 15 heavy (non-hydrogen) atoms. The highest BCUT2D eigenvalue weighted by Crippen LogP contribution is 2.30. The molecule has 3 atom stereocenters. The van der Waals surface area contributed by atoms with E-state index in [-0.39, 0.29) is 0 Å². The maximum Gasteiger partial charge on any atom is 0.0201 e. The third-order valence-electron chi connectivity index (χ3n) is 3.32. The zero-order valence-corrected chi connectivity index (χ0v) is 11.4. The van der Waals surface area contributed by atoms with Crippen LogP contribution in [-0.2, 0) is 0 Å². The highest BCUT2D eigenvalue weighted by Gasteiger charge is 2.27. The first-order valence-corrected chi connectivity index (χ1v) is 7.70. The molecule has 1 aliphatic carbocycles. The van der Waals surface area contributed by atoms with Gasteiger partial charge in [-0.25, -0.2) is 0 Å². The molecule has 90 valence electrons. The van der Waals surface area contributed by atoms with Gasteiger partial charge in [-0.05, 0) is 31.9 Å². The summed E-state index contributed by atoms with van der Waals surface area (Å²) in [5, 5.41) is 4.72. The fraction of sp³-hybridized carbons (Fsp3) is 1.00. The Bertz CT molecular complexity index is 161. The molecule has 0 saturated heterocycles.